The van der Waals surface area contributed by atoms with Crippen molar-refractivity contribution >= 4 is 16.9 Å². The summed E-state index contributed by atoms with van der Waals surface area (Å²) in [5.41, 5.74) is 3.42. The summed E-state index contributed by atoms with van der Waals surface area (Å²) in [5.74, 6) is 6.69. The fourth-order valence-electron chi connectivity index (χ4n) is 2.00. The first kappa shape index (κ1) is 11.6. The summed E-state index contributed by atoms with van der Waals surface area (Å²) in [5, 5.41) is 3.30. The number of nitrogen functional groups attached to an aromatic ring is 1. The Labute approximate surface area is 110 Å². The van der Waals surface area contributed by atoms with Gasteiger partial charge in [-0.3, -0.25) is 4.68 Å². The minimum atomic E-state index is 0.696. The first-order valence-corrected chi connectivity index (χ1v) is 6.30. The molecule has 6 nitrogen and oxygen atoms in total. The molecule has 0 fully saturated rings. The number of H-pyrrole nitrogens is 1. The molecule has 3 aromatic heterocycles. The number of nitrogens with one attached hydrogen (secondary N) is 2. The van der Waals surface area contributed by atoms with Crippen molar-refractivity contribution in [2.24, 2.45) is 0 Å². The van der Waals surface area contributed by atoms with Crippen molar-refractivity contribution in [3.05, 3.63) is 30.6 Å². The minimum absolute atomic E-state index is 0.696. The van der Waals surface area contributed by atoms with Gasteiger partial charge in [0.2, 0.25) is 0 Å². The molecule has 0 aromatic carbocycles. The van der Waals surface area contributed by atoms with Crippen LogP contribution in [0.15, 0.2) is 30.6 Å². The van der Waals surface area contributed by atoms with Crippen molar-refractivity contribution in [1.82, 2.24) is 19.6 Å². The van der Waals surface area contributed by atoms with Gasteiger partial charge in [-0.25, -0.2) is 9.97 Å². The van der Waals surface area contributed by atoms with Crippen LogP contribution < -0.4 is 11.2 Å². The fourth-order valence-corrected chi connectivity index (χ4v) is 2.00. The third-order valence-electron chi connectivity index (χ3n) is 2.93. The highest BCUT2D eigenvalue weighted by molar-refractivity contribution is 5.75. The molecule has 0 atom stereocenters. The molecule has 0 aliphatic rings. The monoisotopic (exact) mass is 256 g/mol. The van der Waals surface area contributed by atoms with Crippen molar-refractivity contribution in [1.29, 1.82) is 0 Å². The standard InChI is InChI=1S/C13H16N6/c1-2-5-15-9-7-11(19(14)8-9)13-17-10-4-3-6-16-12(10)18-13/h3-4,6-8,15H,2,5,14H2,1H3,(H,16,17,18). The van der Waals surface area contributed by atoms with E-state index < -0.39 is 0 Å². The Bertz CT molecular complexity index is 663. The Morgan fingerprint density at radius 1 is 1.47 bits per heavy atom. The highest BCUT2D eigenvalue weighted by Gasteiger charge is 2.11. The van der Waals surface area contributed by atoms with Crippen LogP contribution >= 0.6 is 0 Å². The van der Waals surface area contributed by atoms with Crippen LogP contribution in [-0.4, -0.2) is 26.2 Å². The predicted octanol–water partition coefficient (Wildman–Crippen LogP) is 1.96. The second kappa shape index (κ2) is 4.64. The van der Waals surface area contributed by atoms with Crippen molar-refractivity contribution in [3.63, 3.8) is 0 Å². The molecule has 4 N–H and O–H groups in total. The van der Waals surface area contributed by atoms with Gasteiger partial charge in [-0.15, -0.1) is 0 Å². The lowest BCUT2D eigenvalue weighted by Crippen LogP contribution is -2.08. The van der Waals surface area contributed by atoms with E-state index in [2.05, 4.69) is 27.2 Å². The summed E-state index contributed by atoms with van der Waals surface area (Å²) in [7, 11) is 0. The zero-order chi connectivity index (χ0) is 13.2. The van der Waals surface area contributed by atoms with Crippen LogP contribution in [0.4, 0.5) is 5.69 Å². The molecule has 0 saturated heterocycles. The van der Waals surface area contributed by atoms with Gasteiger partial charge in [-0.2, -0.15) is 0 Å². The first-order chi connectivity index (χ1) is 9.28. The summed E-state index contributed by atoms with van der Waals surface area (Å²) in [6.45, 7) is 3.05. The summed E-state index contributed by atoms with van der Waals surface area (Å²) in [6, 6.07) is 5.80. The normalized spacial score (nSPS) is 11.0. The van der Waals surface area contributed by atoms with Crippen molar-refractivity contribution in [2.45, 2.75) is 13.3 Å². The summed E-state index contributed by atoms with van der Waals surface area (Å²) < 4.78 is 1.57. The van der Waals surface area contributed by atoms with E-state index in [9.17, 15) is 0 Å². The topological polar surface area (TPSA) is 84.5 Å². The highest BCUT2D eigenvalue weighted by Crippen LogP contribution is 2.22. The molecule has 0 bridgehead atoms. The van der Waals surface area contributed by atoms with Gasteiger partial charge in [-0.05, 0) is 24.6 Å². The lowest BCUT2D eigenvalue weighted by atomic mass is 10.4. The number of aromatic amines is 1. The van der Waals surface area contributed by atoms with Gasteiger partial charge in [-0.1, -0.05) is 6.92 Å². The number of nitrogens with two attached hydrogens (primary N) is 1. The average molecular weight is 256 g/mol. The highest BCUT2D eigenvalue weighted by atomic mass is 15.3. The number of rotatable bonds is 4. The molecule has 0 aliphatic carbocycles. The van der Waals surface area contributed by atoms with Crippen molar-refractivity contribution in [3.8, 4) is 11.5 Å². The molecule has 0 amide bonds. The first-order valence-electron chi connectivity index (χ1n) is 6.30. The van der Waals surface area contributed by atoms with Crippen LogP contribution in [0.3, 0.4) is 0 Å². The van der Waals surface area contributed by atoms with Gasteiger partial charge in [0, 0.05) is 18.9 Å². The quantitative estimate of drug-likeness (QED) is 0.623. The maximum Gasteiger partial charge on any atom is 0.178 e. The lowest BCUT2D eigenvalue weighted by molar-refractivity contribution is 0.974. The van der Waals surface area contributed by atoms with Gasteiger partial charge in [0.25, 0.3) is 0 Å². The van der Waals surface area contributed by atoms with Crippen LogP contribution in [0.5, 0.6) is 0 Å². The third kappa shape index (κ3) is 2.12. The van der Waals surface area contributed by atoms with Gasteiger partial charge >= 0.3 is 0 Å². The number of nitrogens with zero attached hydrogens (tertiary/aromatic N) is 3. The van der Waals surface area contributed by atoms with E-state index in [4.69, 9.17) is 5.84 Å². The molecule has 19 heavy (non-hydrogen) atoms. The molecule has 0 unspecified atom stereocenters. The smallest absolute Gasteiger partial charge is 0.178 e. The fraction of sp³-hybridized carbons (Fsp3) is 0.231. The van der Waals surface area contributed by atoms with Crippen LogP contribution in [0.1, 0.15) is 13.3 Å². The molecule has 3 rings (SSSR count). The van der Waals surface area contributed by atoms with E-state index in [-0.39, 0.29) is 0 Å². The second-order valence-electron chi connectivity index (χ2n) is 4.41. The molecular formula is C13H16N6. The number of aromatic nitrogens is 4. The Hall–Kier alpha value is -2.50. The second-order valence-corrected chi connectivity index (χ2v) is 4.41. The summed E-state index contributed by atoms with van der Waals surface area (Å²) >= 11 is 0. The molecule has 98 valence electrons. The lowest BCUT2D eigenvalue weighted by Gasteiger charge is -1.98. The zero-order valence-electron chi connectivity index (χ0n) is 10.7. The van der Waals surface area contributed by atoms with Crippen molar-refractivity contribution in [2.75, 3.05) is 17.7 Å². The Kier molecular flexibility index (Phi) is 2.83. The largest absolute Gasteiger partial charge is 0.384 e. The molecule has 3 aromatic rings. The van der Waals surface area contributed by atoms with E-state index in [1.54, 1.807) is 10.9 Å². The molecule has 0 saturated carbocycles. The van der Waals surface area contributed by atoms with E-state index in [1.165, 1.54) is 0 Å². The van der Waals surface area contributed by atoms with Gasteiger partial charge in [0.05, 0.1) is 11.2 Å². The van der Waals surface area contributed by atoms with Crippen LogP contribution in [0, 0.1) is 0 Å². The predicted molar refractivity (Wildman–Crippen MR) is 76.2 cm³/mol. The van der Waals surface area contributed by atoms with E-state index in [0.29, 0.717) is 5.65 Å². The molecule has 0 aliphatic heterocycles. The number of anilines is 1. The molecule has 0 spiro atoms. The van der Waals surface area contributed by atoms with E-state index in [1.807, 2.05) is 24.4 Å². The minimum Gasteiger partial charge on any atom is -0.384 e. The summed E-state index contributed by atoms with van der Waals surface area (Å²) in [6.07, 6.45) is 4.65. The van der Waals surface area contributed by atoms with Gasteiger partial charge < -0.3 is 16.1 Å². The Balaban J connectivity index is 1.98. The molecule has 3 heterocycles. The van der Waals surface area contributed by atoms with E-state index in [0.717, 1.165) is 35.7 Å². The maximum atomic E-state index is 5.96. The zero-order valence-corrected chi connectivity index (χ0v) is 10.7. The number of fused-ring (bicyclic) bond motifs is 1. The summed E-state index contributed by atoms with van der Waals surface area (Å²) in [4.78, 5) is 11.9. The molecular weight excluding hydrogens is 240 g/mol. The Morgan fingerprint density at radius 3 is 3.16 bits per heavy atom. The molecule has 6 heteroatoms. The Morgan fingerprint density at radius 2 is 2.37 bits per heavy atom. The number of pyridine rings is 1. The third-order valence-corrected chi connectivity index (χ3v) is 2.93. The van der Waals surface area contributed by atoms with Crippen LogP contribution in [0.25, 0.3) is 22.7 Å². The number of imidazole rings is 1. The SMILES string of the molecule is CCCNc1cc(-c2nc3ncccc3[nH]2)n(N)c1. The number of hydrogen-bond donors (Lipinski definition) is 3. The van der Waals surface area contributed by atoms with Gasteiger partial charge in [0.1, 0.15) is 5.69 Å². The number of hydrogen-bond acceptors (Lipinski definition) is 4. The maximum absolute atomic E-state index is 5.96. The molecule has 0 radical (unpaired) electrons. The average Bonchev–Trinajstić information content (AvgIpc) is 2.99. The van der Waals surface area contributed by atoms with Crippen LogP contribution in [-0.2, 0) is 0 Å². The van der Waals surface area contributed by atoms with Crippen molar-refractivity contribution < 1.29 is 0 Å². The van der Waals surface area contributed by atoms with Crippen LogP contribution in [0.2, 0.25) is 0 Å². The van der Waals surface area contributed by atoms with Gasteiger partial charge in [0.15, 0.2) is 11.5 Å². The van der Waals surface area contributed by atoms with E-state index >= 15 is 0 Å².